The number of carbonyl (C=O) groups excluding carboxylic acids is 1. The minimum atomic E-state index is -3.86. The van der Waals surface area contributed by atoms with Gasteiger partial charge in [0.25, 0.3) is 15.9 Å². The lowest BCUT2D eigenvalue weighted by molar-refractivity contribution is 0.0693. The van der Waals surface area contributed by atoms with E-state index in [0.29, 0.717) is 30.3 Å². The van der Waals surface area contributed by atoms with Crippen LogP contribution in [0.1, 0.15) is 41.3 Å². The molecule has 0 unspecified atom stereocenters. The zero-order chi connectivity index (χ0) is 23.2. The van der Waals surface area contributed by atoms with Gasteiger partial charge in [-0.05, 0) is 78.6 Å². The molecule has 5 nitrogen and oxygen atoms in total. The highest BCUT2D eigenvalue weighted by atomic mass is 32.2. The van der Waals surface area contributed by atoms with Crippen molar-refractivity contribution in [1.29, 1.82) is 0 Å². The van der Waals surface area contributed by atoms with E-state index >= 15 is 0 Å². The number of hydrogen-bond donors (Lipinski definition) is 1. The highest BCUT2D eigenvalue weighted by Gasteiger charge is 2.26. The number of hydrogen-bond acceptors (Lipinski definition) is 4. The van der Waals surface area contributed by atoms with E-state index in [0.717, 1.165) is 41.4 Å². The molecule has 7 heteroatoms. The summed E-state index contributed by atoms with van der Waals surface area (Å²) >= 11 is 1.46. The van der Waals surface area contributed by atoms with Crippen molar-refractivity contribution in [3.63, 3.8) is 0 Å². The van der Waals surface area contributed by atoms with E-state index in [9.17, 15) is 13.2 Å². The van der Waals surface area contributed by atoms with Crippen molar-refractivity contribution in [2.75, 3.05) is 24.1 Å². The summed E-state index contributed by atoms with van der Waals surface area (Å²) in [6.45, 7) is 3.63. The number of thioether (sulfide) groups is 1. The van der Waals surface area contributed by atoms with Crippen molar-refractivity contribution >= 4 is 44.2 Å². The second kappa shape index (κ2) is 8.69. The summed E-state index contributed by atoms with van der Waals surface area (Å²) in [6.07, 6.45) is 5.83. The second-order valence-corrected chi connectivity index (χ2v) is 11.6. The fraction of sp³-hybridized carbons (Fsp3) is 0.346. The number of likely N-dealkylation sites (tertiary alicyclic amines) is 1. The number of rotatable bonds is 5. The molecule has 0 radical (unpaired) electrons. The normalized spacial score (nSPS) is 16.4. The van der Waals surface area contributed by atoms with Crippen LogP contribution >= 0.6 is 11.8 Å². The summed E-state index contributed by atoms with van der Waals surface area (Å²) in [7, 11) is -3.86. The molecule has 5 rings (SSSR count). The molecular weight excluding hydrogens is 452 g/mol. The lowest BCUT2D eigenvalue weighted by atomic mass is 9.98. The summed E-state index contributed by atoms with van der Waals surface area (Å²) < 4.78 is 29.6. The molecule has 1 aliphatic carbocycles. The Labute approximate surface area is 199 Å². The third-order valence-corrected chi connectivity index (χ3v) is 9.06. The Kier molecular flexibility index (Phi) is 5.87. The summed E-state index contributed by atoms with van der Waals surface area (Å²) in [5.74, 6) is 0.524. The fourth-order valence-electron chi connectivity index (χ4n) is 4.94. The number of benzene rings is 3. The second-order valence-electron chi connectivity index (χ2n) is 9.05. The molecule has 0 atom stereocenters. The average Bonchev–Trinajstić information content (AvgIpc) is 3.25. The van der Waals surface area contributed by atoms with E-state index in [1.165, 1.54) is 29.0 Å². The van der Waals surface area contributed by atoms with E-state index in [1.807, 2.05) is 35.4 Å². The third-order valence-electron chi connectivity index (χ3n) is 6.90. The Balaban J connectivity index is 1.49. The van der Waals surface area contributed by atoms with Crippen molar-refractivity contribution in [2.45, 2.75) is 42.4 Å². The SMILES string of the molecule is CSc1ccc(S(=O)(=O)Nc2ccc3c4c(cccc24)CC3)cc1C(=O)N1CCC(C)CC1. The molecule has 1 fully saturated rings. The lowest BCUT2D eigenvalue weighted by Crippen LogP contribution is -2.38. The van der Waals surface area contributed by atoms with E-state index in [2.05, 4.69) is 17.7 Å². The number of piperidine rings is 1. The average molecular weight is 481 g/mol. The van der Waals surface area contributed by atoms with Gasteiger partial charge in [-0.25, -0.2) is 8.42 Å². The molecule has 3 aromatic rings. The standard InChI is InChI=1S/C26H28N2O3S2/c1-17-12-14-28(15-13-17)26(29)22-16-20(9-11-24(22)32-2)33(30,31)27-23-10-8-19-7-6-18-4-3-5-21(23)25(18)19/h3-5,8-11,16-17,27H,6-7,12-15H2,1-2H3. The van der Waals surface area contributed by atoms with Gasteiger partial charge in [0.1, 0.15) is 0 Å². The first-order valence-electron chi connectivity index (χ1n) is 11.4. The van der Waals surface area contributed by atoms with Gasteiger partial charge in [-0.3, -0.25) is 9.52 Å². The lowest BCUT2D eigenvalue weighted by Gasteiger charge is -2.30. The summed E-state index contributed by atoms with van der Waals surface area (Å²) in [5, 5.41) is 2.08. The van der Waals surface area contributed by atoms with Crippen LogP contribution in [0.25, 0.3) is 10.8 Å². The van der Waals surface area contributed by atoms with Crippen molar-refractivity contribution in [2.24, 2.45) is 5.92 Å². The van der Waals surface area contributed by atoms with Crippen molar-refractivity contribution in [3.8, 4) is 0 Å². The molecule has 0 bridgehead atoms. The van der Waals surface area contributed by atoms with E-state index < -0.39 is 10.0 Å². The third kappa shape index (κ3) is 4.13. The van der Waals surface area contributed by atoms with Gasteiger partial charge in [0.15, 0.2) is 0 Å². The maximum atomic E-state index is 13.4. The highest BCUT2D eigenvalue weighted by Crippen LogP contribution is 2.36. The predicted octanol–water partition coefficient (Wildman–Crippen LogP) is 5.33. The first-order valence-corrected chi connectivity index (χ1v) is 14.1. The molecule has 0 saturated carbocycles. The van der Waals surface area contributed by atoms with E-state index in [-0.39, 0.29) is 10.8 Å². The fourth-order valence-corrected chi connectivity index (χ4v) is 6.62. The number of amides is 1. The zero-order valence-corrected chi connectivity index (χ0v) is 20.6. The highest BCUT2D eigenvalue weighted by molar-refractivity contribution is 7.98. The maximum Gasteiger partial charge on any atom is 0.261 e. The first kappa shape index (κ1) is 22.3. The molecule has 3 aromatic carbocycles. The quantitative estimate of drug-likeness (QED) is 0.501. The van der Waals surface area contributed by atoms with Gasteiger partial charge in [0.05, 0.1) is 16.1 Å². The first-order chi connectivity index (χ1) is 15.9. The number of aryl methyl sites for hydroxylation is 2. The summed E-state index contributed by atoms with van der Waals surface area (Å²) in [4.78, 5) is 16.0. The van der Waals surface area contributed by atoms with Gasteiger partial charge in [0.2, 0.25) is 0 Å². The van der Waals surface area contributed by atoms with Gasteiger partial charge in [-0.2, -0.15) is 0 Å². The van der Waals surface area contributed by atoms with Crippen LogP contribution < -0.4 is 4.72 Å². The Morgan fingerprint density at radius 1 is 1.03 bits per heavy atom. The molecule has 1 N–H and O–H groups in total. The Morgan fingerprint density at radius 3 is 2.48 bits per heavy atom. The van der Waals surface area contributed by atoms with Crippen LogP contribution in [0.5, 0.6) is 0 Å². The number of nitrogens with one attached hydrogen (secondary N) is 1. The molecule has 1 aliphatic heterocycles. The summed E-state index contributed by atoms with van der Waals surface area (Å²) in [5.41, 5.74) is 3.55. The van der Waals surface area contributed by atoms with Gasteiger partial charge >= 0.3 is 0 Å². The van der Waals surface area contributed by atoms with Crippen LogP contribution in [0.15, 0.2) is 58.3 Å². The van der Waals surface area contributed by atoms with E-state index in [1.54, 1.807) is 12.1 Å². The van der Waals surface area contributed by atoms with Gasteiger partial charge in [0, 0.05) is 23.4 Å². The number of nitrogens with zero attached hydrogens (tertiary/aromatic N) is 1. The Hall–Kier alpha value is -2.51. The van der Waals surface area contributed by atoms with Crippen molar-refractivity contribution < 1.29 is 13.2 Å². The van der Waals surface area contributed by atoms with Gasteiger partial charge in [-0.15, -0.1) is 11.8 Å². The Bertz CT molecular complexity index is 1330. The van der Waals surface area contributed by atoms with E-state index in [4.69, 9.17) is 0 Å². The number of sulfonamides is 1. The van der Waals surface area contributed by atoms with Crippen molar-refractivity contribution in [1.82, 2.24) is 4.90 Å². The minimum absolute atomic E-state index is 0.0892. The topological polar surface area (TPSA) is 66.5 Å². The van der Waals surface area contributed by atoms with Crippen molar-refractivity contribution in [3.05, 3.63) is 65.2 Å². The molecule has 1 heterocycles. The predicted molar refractivity (Wildman–Crippen MR) is 135 cm³/mol. The molecule has 0 spiro atoms. The molecule has 172 valence electrons. The Morgan fingerprint density at radius 2 is 1.76 bits per heavy atom. The smallest absolute Gasteiger partial charge is 0.261 e. The number of anilines is 1. The van der Waals surface area contributed by atoms with Crippen LogP contribution in [0, 0.1) is 5.92 Å². The monoisotopic (exact) mass is 480 g/mol. The molecule has 2 aliphatic rings. The molecular formula is C26H28N2O3S2. The molecule has 33 heavy (non-hydrogen) atoms. The molecule has 0 aromatic heterocycles. The van der Waals surface area contributed by atoms with Crippen LogP contribution in [-0.2, 0) is 22.9 Å². The molecule has 1 amide bonds. The van der Waals surface area contributed by atoms with Gasteiger partial charge in [-0.1, -0.05) is 31.2 Å². The largest absolute Gasteiger partial charge is 0.339 e. The summed E-state index contributed by atoms with van der Waals surface area (Å²) in [6, 6.07) is 14.8. The van der Waals surface area contributed by atoms with Crippen LogP contribution in [0.2, 0.25) is 0 Å². The van der Waals surface area contributed by atoms with Crippen LogP contribution in [0.3, 0.4) is 0 Å². The number of carbonyl (C=O) groups is 1. The minimum Gasteiger partial charge on any atom is -0.339 e. The molecule has 1 saturated heterocycles. The zero-order valence-electron chi connectivity index (χ0n) is 18.9. The maximum absolute atomic E-state index is 13.4. The van der Waals surface area contributed by atoms with Crippen LogP contribution in [0.4, 0.5) is 5.69 Å². The van der Waals surface area contributed by atoms with Crippen LogP contribution in [-0.4, -0.2) is 38.6 Å². The van der Waals surface area contributed by atoms with Gasteiger partial charge < -0.3 is 4.90 Å².